The van der Waals surface area contributed by atoms with E-state index in [4.69, 9.17) is 9.52 Å². The Morgan fingerprint density at radius 1 is 1.26 bits per heavy atom. The Kier molecular flexibility index (Phi) is 3.55. The van der Waals surface area contributed by atoms with Crippen molar-refractivity contribution in [3.8, 4) is 0 Å². The number of aliphatic carboxylic acids is 1. The Labute approximate surface area is 110 Å². The highest BCUT2D eigenvalue weighted by Crippen LogP contribution is 2.20. The molecule has 2 unspecified atom stereocenters. The van der Waals surface area contributed by atoms with Crippen LogP contribution in [0, 0.1) is 5.92 Å². The molecule has 2 atom stereocenters. The molecule has 2 aromatic rings. The summed E-state index contributed by atoms with van der Waals surface area (Å²) in [7, 11) is 0. The molecular weight excluding hydrogens is 246 g/mol. The summed E-state index contributed by atoms with van der Waals surface area (Å²) < 4.78 is 5.28. The quantitative estimate of drug-likeness (QED) is 0.884. The van der Waals surface area contributed by atoms with Gasteiger partial charge in [-0.3, -0.25) is 9.59 Å². The monoisotopic (exact) mass is 261 g/mol. The van der Waals surface area contributed by atoms with E-state index in [9.17, 15) is 9.59 Å². The van der Waals surface area contributed by atoms with Gasteiger partial charge in [0.05, 0.1) is 11.5 Å². The van der Waals surface area contributed by atoms with Crippen molar-refractivity contribution in [2.24, 2.45) is 5.92 Å². The molecule has 5 heteroatoms. The van der Waals surface area contributed by atoms with Crippen molar-refractivity contribution in [3.63, 3.8) is 0 Å². The molecule has 2 N–H and O–H groups in total. The Morgan fingerprint density at radius 3 is 2.63 bits per heavy atom. The first kappa shape index (κ1) is 13.1. The van der Waals surface area contributed by atoms with Crippen molar-refractivity contribution in [2.45, 2.75) is 19.9 Å². The van der Waals surface area contributed by atoms with Crippen LogP contribution in [0.3, 0.4) is 0 Å². The number of rotatable bonds is 4. The van der Waals surface area contributed by atoms with Crippen LogP contribution >= 0.6 is 0 Å². The SMILES string of the molecule is CC(NC(=O)c1coc2ccccc12)C(C)C(=O)O. The highest BCUT2D eigenvalue weighted by Gasteiger charge is 2.22. The van der Waals surface area contributed by atoms with Crippen LogP contribution in [0.15, 0.2) is 34.9 Å². The summed E-state index contributed by atoms with van der Waals surface area (Å²) in [4.78, 5) is 22.9. The zero-order valence-corrected chi connectivity index (χ0v) is 10.7. The number of carbonyl (C=O) groups is 2. The lowest BCUT2D eigenvalue weighted by Gasteiger charge is -2.17. The van der Waals surface area contributed by atoms with Crippen LogP contribution in [0.1, 0.15) is 24.2 Å². The van der Waals surface area contributed by atoms with Crippen LogP contribution in [-0.4, -0.2) is 23.0 Å². The maximum absolute atomic E-state index is 12.1. The lowest BCUT2D eigenvalue weighted by molar-refractivity contribution is -0.141. The number of furan rings is 1. The fourth-order valence-corrected chi connectivity index (χ4v) is 1.78. The van der Waals surface area contributed by atoms with Crippen molar-refractivity contribution >= 4 is 22.8 Å². The lowest BCUT2D eigenvalue weighted by Crippen LogP contribution is -2.39. The number of benzene rings is 1. The number of hydrogen-bond acceptors (Lipinski definition) is 3. The van der Waals surface area contributed by atoms with Crippen LogP contribution in [0.4, 0.5) is 0 Å². The van der Waals surface area contributed by atoms with E-state index in [1.54, 1.807) is 26.0 Å². The van der Waals surface area contributed by atoms with Crippen LogP contribution < -0.4 is 5.32 Å². The molecule has 0 aliphatic carbocycles. The van der Waals surface area contributed by atoms with E-state index in [0.29, 0.717) is 11.1 Å². The summed E-state index contributed by atoms with van der Waals surface area (Å²) in [5, 5.41) is 12.3. The fraction of sp³-hybridized carbons (Fsp3) is 0.286. The lowest BCUT2D eigenvalue weighted by atomic mass is 10.0. The molecule has 0 bridgehead atoms. The summed E-state index contributed by atoms with van der Waals surface area (Å²) in [5.41, 5.74) is 1.05. The Balaban J connectivity index is 2.18. The topological polar surface area (TPSA) is 79.5 Å². The molecule has 2 rings (SSSR count). The van der Waals surface area contributed by atoms with Gasteiger partial charge in [0.2, 0.25) is 0 Å². The minimum absolute atomic E-state index is 0.328. The van der Waals surface area contributed by atoms with E-state index < -0.39 is 17.9 Å². The molecule has 5 nitrogen and oxygen atoms in total. The third kappa shape index (κ3) is 2.59. The second-order valence-corrected chi connectivity index (χ2v) is 4.53. The molecule has 1 aromatic heterocycles. The predicted molar refractivity (Wildman–Crippen MR) is 69.9 cm³/mol. The van der Waals surface area contributed by atoms with Gasteiger partial charge in [0, 0.05) is 11.4 Å². The van der Waals surface area contributed by atoms with Gasteiger partial charge in [-0.15, -0.1) is 0 Å². The third-order valence-corrected chi connectivity index (χ3v) is 3.22. The molecule has 1 heterocycles. The van der Waals surface area contributed by atoms with Gasteiger partial charge in [-0.2, -0.15) is 0 Å². The average Bonchev–Trinajstić information content (AvgIpc) is 2.81. The maximum Gasteiger partial charge on any atom is 0.308 e. The highest BCUT2D eigenvalue weighted by molar-refractivity contribution is 6.06. The van der Waals surface area contributed by atoms with E-state index in [1.165, 1.54) is 6.26 Å². The molecule has 0 aliphatic heterocycles. The summed E-state index contributed by atoms with van der Waals surface area (Å²) in [6.45, 7) is 3.22. The van der Waals surface area contributed by atoms with Crippen LogP contribution in [-0.2, 0) is 4.79 Å². The molecule has 0 saturated carbocycles. The summed E-state index contributed by atoms with van der Waals surface area (Å²) in [5.74, 6) is -1.92. The molecule has 0 radical (unpaired) electrons. The van der Waals surface area contributed by atoms with Crippen LogP contribution in [0.2, 0.25) is 0 Å². The van der Waals surface area contributed by atoms with Gasteiger partial charge in [0.15, 0.2) is 0 Å². The summed E-state index contributed by atoms with van der Waals surface area (Å²) in [6, 6.07) is 6.74. The number of carboxylic acids is 1. The molecule has 0 aliphatic rings. The standard InChI is InChI=1S/C14H15NO4/c1-8(14(17)18)9(2)15-13(16)11-7-19-12-6-4-3-5-10(11)12/h3-9H,1-2H3,(H,15,16)(H,17,18). The molecule has 100 valence electrons. The van der Waals surface area contributed by atoms with Crippen molar-refractivity contribution < 1.29 is 19.1 Å². The summed E-state index contributed by atoms with van der Waals surface area (Å²) >= 11 is 0. The van der Waals surface area contributed by atoms with E-state index in [2.05, 4.69) is 5.32 Å². The molecular formula is C14H15NO4. The first-order valence-electron chi connectivity index (χ1n) is 6.00. The minimum Gasteiger partial charge on any atom is -0.481 e. The Morgan fingerprint density at radius 2 is 1.95 bits per heavy atom. The van der Waals surface area contributed by atoms with Gasteiger partial charge in [0.25, 0.3) is 5.91 Å². The smallest absolute Gasteiger partial charge is 0.308 e. The number of carbonyl (C=O) groups excluding carboxylic acids is 1. The van der Waals surface area contributed by atoms with Gasteiger partial charge < -0.3 is 14.8 Å². The van der Waals surface area contributed by atoms with Gasteiger partial charge in [-0.25, -0.2) is 0 Å². The second-order valence-electron chi connectivity index (χ2n) is 4.53. The fourth-order valence-electron chi connectivity index (χ4n) is 1.78. The third-order valence-electron chi connectivity index (χ3n) is 3.22. The van der Waals surface area contributed by atoms with Crippen molar-refractivity contribution in [1.82, 2.24) is 5.32 Å². The van der Waals surface area contributed by atoms with Crippen molar-refractivity contribution in [3.05, 3.63) is 36.1 Å². The molecule has 0 saturated heterocycles. The van der Waals surface area contributed by atoms with E-state index in [-0.39, 0.29) is 5.91 Å². The maximum atomic E-state index is 12.1. The molecule has 0 fully saturated rings. The van der Waals surface area contributed by atoms with Gasteiger partial charge in [-0.1, -0.05) is 18.2 Å². The van der Waals surface area contributed by atoms with Crippen LogP contribution in [0.25, 0.3) is 11.0 Å². The molecule has 0 spiro atoms. The van der Waals surface area contributed by atoms with Crippen molar-refractivity contribution in [2.75, 3.05) is 0 Å². The van der Waals surface area contributed by atoms with Gasteiger partial charge in [0.1, 0.15) is 11.8 Å². The largest absolute Gasteiger partial charge is 0.481 e. The number of carboxylic acid groups (broad SMARTS) is 1. The molecule has 19 heavy (non-hydrogen) atoms. The number of nitrogens with one attached hydrogen (secondary N) is 1. The Hall–Kier alpha value is -2.30. The summed E-state index contributed by atoms with van der Waals surface area (Å²) in [6.07, 6.45) is 1.39. The van der Waals surface area contributed by atoms with E-state index in [1.807, 2.05) is 12.1 Å². The first-order chi connectivity index (χ1) is 9.00. The average molecular weight is 261 g/mol. The van der Waals surface area contributed by atoms with Crippen molar-refractivity contribution in [1.29, 1.82) is 0 Å². The molecule has 1 amide bonds. The number of para-hydroxylation sites is 1. The zero-order valence-electron chi connectivity index (χ0n) is 10.7. The van der Waals surface area contributed by atoms with E-state index >= 15 is 0 Å². The first-order valence-corrected chi connectivity index (χ1v) is 6.00. The number of fused-ring (bicyclic) bond motifs is 1. The van der Waals surface area contributed by atoms with Crippen LogP contribution in [0.5, 0.6) is 0 Å². The second kappa shape index (κ2) is 5.14. The minimum atomic E-state index is -0.940. The van der Waals surface area contributed by atoms with Gasteiger partial charge in [-0.05, 0) is 19.9 Å². The predicted octanol–water partition coefficient (Wildman–Crippen LogP) is 2.27. The normalized spacial score (nSPS) is 14.0. The number of amides is 1. The number of hydrogen-bond donors (Lipinski definition) is 2. The zero-order chi connectivity index (χ0) is 14.0. The van der Waals surface area contributed by atoms with Gasteiger partial charge >= 0.3 is 5.97 Å². The highest BCUT2D eigenvalue weighted by atomic mass is 16.4. The molecule has 1 aromatic carbocycles. The Bertz CT molecular complexity index is 617. The van der Waals surface area contributed by atoms with E-state index in [0.717, 1.165) is 5.39 Å².